The maximum Gasteiger partial charge on any atom is 0.417 e. The van der Waals surface area contributed by atoms with Gasteiger partial charge in [-0.3, -0.25) is 14.6 Å². The van der Waals surface area contributed by atoms with Gasteiger partial charge in [0.05, 0.1) is 34.5 Å². The minimum absolute atomic E-state index is 0.00379. The number of rotatable bonds is 6. The molecule has 244 valence electrons. The van der Waals surface area contributed by atoms with Gasteiger partial charge >= 0.3 is 18.3 Å². The molecule has 1 atom stereocenters. The van der Waals surface area contributed by atoms with Gasteiger partial charge in [-0.1, -0.05) is 12.1 Å². The SMILES string of the molecule is O=C(O)c1ccccc1N1CCN(C(=O)C2(Oc3ccc(C(F)(F)F)cc3)CCCN(C(=O)c3cnccc3C(F)(F)F)C2)CC1. The molecule has 0 bridgehead atoms. The van der Waals surface area contributed by atoms with Crippen LogP contribution in [0.1, 0.15) is 44.7 Å². The second-order valence-corrected chi connectivity index (χ2v) is 11.0. The minimum Gasteiger partial charge on any atom is -0.478 e. The molecular formula is C31H28F6N4O5. The molecule has 2 saturated heterocycles. The third-order valence-corrected chi connectivity index (χ3v) is 8.03. The summed E-state index contributed by atoms with van der Waals surface area (Å²) in [7, 11) is 0. The van der Waals surface area contributed by atoms with E-state index in [-0.39, 0.29) is 56.9 Å². The van der Waals surface area contributed by atoms with Crippen molar-refractivity contribution in [3.8, 4) is 5.75 Å². The Hall–Kier alpha value is -4.82. The number of piperazine rings is 1. The molecule has 3 heterocycles. The lowest BCUT2D eigenvalue weighted by Crippen LogP contribution is -2.64. The van der Waals surface area contributed by atoms with Gasteiger partial charge in [0.15, 0.2) is 0 Å². The van der Waals surface area contributed by atoms with E-state index in [0.717, 1.165) is 41.6 Å². The molecule has 3 aromatic rings. The number of hydrogen-bond donors (Lipinski definition) is 1. The number of pyridine rings is 1. The maximum absolute atomic E-state index is 14.2. The molecule has 2 aromatic carbocycles. The number of carboxylic acid groups (broad SMARTS) is 1. The number of carbonyl (C=O) groups is 3. The molecule has 0 spiro atoms. The van der Waals surface area contributed by atoms with Gasteiger partial charge in [-0.15, -0.1) is 0 Å². The van der Waals surface area contributed by atoms with Crippen LogP contribution in [0.15, 0.2) is 67.0 Å². The molecule has 0 aliphatic carbocycles. The van der Waals surface area contributed by atoms with E-state index in [0.29, 0.717) is 11.8 Å². The number of carbonyl (C=O) groups excluding carboxylic acids is 2. The van der Waals surface area contributed by atoms with Crippen LogP contribution in [0.25, 0.3) is 0 Å². The van der Waals surface area contributed by atoms with E-state index < -0.39 is 59.0 Å². The second-order valence-electron chi connectivity index (χ2n) is 11.0. The predicted molar refractivity (Wildman–Crippen MR) is 151 cm³/mol. The molecule has 1 aromatic heterocycles. The van der Waals surface area contributed by atoms with Crippen LogP contribution < -0.4 is 9.64 Å². The molecule has 9 nitrogen and oxygen atoms in total. The lowest BCUT2D eigenvalue weighted by atomic mass is 9.89. The molecular weight excluding hydrogens is 622 g/mol. The zero-order chi connectivity index (χ0) is 33.3. The topological polar surface area (TPSA) is 103 Å². The molecule has 1 N–H and O–H groups in total. The van der Waals surface area contributed by atoms with Gasteiger partial charge in [0, 0.05) is 45.1 Å². The van der Waals surface area contributed by atoms with Crippen molar-refractivity contribution < 1.29 is 50.6 Å². The van der Waals surface area contributed by atoms with Crippen LogP contribution >= 0.6 is 0 Å². The van der Waals surface area contributed by atoms with E-state index in [4.69, 9.17) is 4.74 Å². The number of aromatic nitrogens is 1. The first-order valence-corrected chi connectivity index (χ1v) is 14.2. The molecule has 0 saturated carbocycles. The number of carboxylic acids is 1. The van der Waals surface area contributed by atoms with Gasteiger partial charge in [0.1, 0.15) is 5.75 Å². The van der Waals surface area contributed by atoms with Gasteiger partial charge in [-0.25, -0.2) is 4.79 Å². The third-order valence-electron chi connectivity index (χ3n) is 8.03. The molecule has 2 aliphatic rings. The number of nitrogens with zero attached hydrogens (tertiary/aromatic N) is 4. The molecule has 15 heteroatoms. The molecule has 2 amide bonds. The van der Waals surface area contributed by atoms with Gasteiger partial charge in [0.2, 0.25) is 5.60 Å². The zero-order valence-corrected chi connectivity index (χ0v) is 24.1. The number of para-hydroxylation sites is 1. The third kappa shape index (κ3) is 6.72. The van der Waals surface area contributed by atoms with Crippen molar-refractivity contribution in [3.63, 3.8) is 0 Å². The molecule has 2 fully saturated rings. The van der Waals surface area contributed by atoms with Crippen LogP contribution in [0.5, 0.6) is 5.75 Å². The monoisotopic (exact) mass is 650 g/mol. The summed E-state index contributed by atoms with van der Waals surface area (Å²) < 4.78 is 86.9. The standard InChI is InChI=1S/C31H28F6N4O5/c32-30(33,34)20-6-8-21(9-7-20)46-29(11-3-13-41(19-29)26(42)23-18-38-12-10-24(23)31(35,36)37)28(45)40-16-14-39(15-17-40)25-5-2-1-4-22(25)27(43)44/h1-2,4-10,12,18H,3,11,13-17,19H2,(H,43,44). The highest BCUT2D eigenvalue weighted by molar-refractivity contribution is 5.97. The number of benzene rings is 2. The van der Waals surface area contributed by atoms with Crippen LogP contribution in [-0.2, 0) is 17.1 Å². The smallest absolute Gasteiger partial charge is 0.417 e. The number of hydrogen-bond acceptors (Lipinski definition) is 6. The molecule has 5 rings (SSSR count). The fourth-order valence-electron chi connectivity index (χ4n) is 5.79. The first kappa shape index (κ1) is 32.6. The predicted octanol–water partition coefficient (Wildman–Crippen LogP) is 5.22. The van der Waals surface area contributed by atoms with Crippen LogP contribution in [0.3, 0.4) is 0 Å². The highest BCUT2D eigenvalue weighted by Gasteiger charge is 2.49. The number of likely N-dealkylation sites (tertiary alicyclic amines) is 1. The minimum atomic E-state index is -4.85. The Morgan fingerprint density at radius 1 is 0.804 bits per heavy atom. The van der Waals surface area contributed by atoms with Crippen LogP contribution in [0, 0.1) is 0 Å². The summed E-state index contributed by atoms with van der Waals surface area (Å²) in [6.07, 6.45) is -7.60. The van der Waals surface area contributed by atoms with E-state index in [1.165, 1.54) is 11.0 Å². The Labute approximate surface area is 259 Å². The highest BCUT2D eigenvalue weighted by atomic mass is 19.4. The Bertz CT molecular complexity index is 1610. The summed E-state index contributed by atoms with van der Waals surface area (Å²) in [6, 6.07) is 10.7. The van der Waals surface area contributed by atoms with Crippen molar-refractivity contribution in [2.24, 2.45) is 0 Å². The first-order valence-electron chi connectivity index (χ1n) is 14.2. The number of ether oxygens (including phenoxy) is 1. The second kappa shape index (κ2) is 12.5. The summed E-state index contributed by atoms with van der Waals surface area (Å²) in [4.78, 5) is 47.4. The Kier molecular flexibility index (Phi) is 8.87. The number of halogens is 6. The lowest BCUT2D eigenvalue weighted by Gasteiger charge is -2.45. The van der Waals surface area contributed by atoms with E-state index in [9.17, 15) is 45.8 Å². The van der Waals surface area contributed by atoms with Crippen molar-refractivity contribution in [3.05, 3.63) is 89.2 Å². The summed E-state index contributed by atoms with van der Waals surface area (Å²) in [5.74, 6) is -2.84. The number of amides is 2. The number of aromatic carboxylic acids is 1. The highest BCUT2D eigenvalue weighted by Crippen LogP contribution is 2.36. The van der Waals surface area contributed by atoms with Crippen LogP contribution in [0.2, 0.25) is 0 Å². The van der Waals surface area contributed by atoms with Crippen molar-refractivity contribution in [1.29, 1.82) is 0 Å². The Morgan fingerprint density at radius 2 is 1.48 bits per heavy atom. The van der Waals surface area contributed by atoms with Crippen molar-refractivity contribution in [2.45, 2.75) is 30.8 Å². The number of anilines is 1. The van der Waals surface area contributed by atoms with Crippen molar-refractivity contribution in [1.82, 2.24) is 14.8 Å². The molecule has 2 aliphatic heterocycles. The number of alkyl halides is 6. The van der Waals surface area contributed by atoms with Gasteiger partial charge < -0.3 is 24.5 Å². The van der Waals surface area contributed by atoms with E-state index in [1.54, 1.807) is 23.1 Å². The van der Waals surface area contributed by atoms with Crippen molar-refractivity contribution >= 4 is 23.5 Å². The molecule has 0 radical (unpaired) electrons. The maximum atomic E-state index is 14.2. The Balaban J connectivity index is 1.43. The fraction of sp³-hybridized carbons (Fsp3) is 0.355. The van der Waals surface area contributed by atoms with E-state index in [2.05, 4.69) is 4.98 Å². The molecule has 46 heavy (non-hydrogen) atoms. The summed E-state index contributed by atoms with van der Waals surface area (Å²) in [5, 5.41) is 9.59. The molecule has 1 unspecified atom stereocenters. The average Bonchev–Trinajstić information content (AvgIpc) is 3.03. The normalized spacial score (nSPS) is 19.1. The quantitative estimate of drug-likeness (QED) is 0.365. The van der Waals surface area contributed by atoms with Crippen LogP contribution in [0.4, 0.5) is 32.0 Å². The van der Waals surface area contributed by atoms with Gasteiger partial charge in [-0.2, -0.15) is 26.3 Å². The summed E-state index contributed by atoms with van der Waals surface area (Å²) >= 11 is 0. The van der Waals surface area contributed by atoms with E-state index in [1.807, 2.05) is 0 Å². The van der Waals surface area contributed by atoms with Gasteiger partial charge in [0.25, 0.3) is 11.8 Å². The van der Waals surface area contributed by atoms with Gasteiger partial charge in [-0.05, 0) is 55.3 Å². The van der Waals surface area contributed by atoms with E-state index >= 15 is 0 Å². The average molecular weight is 651 g/mol. The lowest BCUT2D eigenvalue weighted by molar-refractivity contribution is -0.153. The summed E-state index contributed by atoms with van der Waals surface area (Å²) in [6.45, 7) is 0.217. The van der Waals surface area contributed by atoms with Crippen LogP contribution in [-0.4, -0.2) is 82.5 Å². The Morgan fingerprint density at radius 3 is 2.11 bits per heavy atom. The zero-order valence-electron chi connectivity index (χ0n) is 24.1. The summed E-state index contributed by atoms with van der Waals surface area (Å²) in [5.41, 5.74) is -4.15. The fourth-order valence-corrected chi connectivity index (χ4v) is 5.79. The largest absolute Gasteiger partial charge is 0.478 e. The number of piperidine rings is 1. The first-order chi connectivity index (χ1) is 21.7. The van der Waals surface area contributed by atoms with Crippen molar-refractivity contribution in [2.75, 3.05) is 44.2 Å².